The molecule has 0 spiro atoms. The largest absolute Gasteiger partial charge is 0.416 e. The molecule has 5 nitrogen and oxygen atoms in total. The summed E-state index contributed by atoms with van der Waals surface area (Å²) in [6.07, 6.45) is 7.11. The van der Waals surface area contributed by atoms with E-state index in [2.05, 4.69) is 22.4 Å². The molecule has 3 rings (SSSR count). The van der Waals surface area contributed by atoms with E-state index in [4.69, 9.17) is 4.42 Å². The lowest BCUT2D eigenvalue weighted by Gasteiger charge is -2.29. The van der Waals surface area contributed by atoms with Crippen LogP contribution in [0.2, 0.25) is 0 Å². The first-order valence-electron chi connectivity index (χ1n) is 7.48. The Morgan fingerprint density at radius 2 is 2.10 bits per heavy atom. The van der Waals surface area contributed by atoms with E-state index in [-0.39, 0.29) is 5.91 Å². The summed E-state index contributed by atoms with van der Waals surface area (Å²) in [6.45, 7) is 2.22. The SMILES string of the molecule is C[C@@H]1CCCC[C@@H]1NC(=O)CSc1nnc(C2CC2)o1. The molecule has 1 amide bonds. The Kier molecular flexibility index (Phi) is 4.29. The summed E-state index contributed by atoms with van der Waals surface area (Å²) in [5.41, 5.74) is 0. The van der Waals surface area contributed by atoms with Gasteiger partial charge in [-0.2, -0.15) is 0 Å². The average Bonchev–Trinajstić information content (AvgIpc) is 3.18. The highest BCUT2D eigenvalue weighted by Gasteiger charge is 2.29. The molecule has 0 bridgehead atoms. The molecule has 1 N–H and O–H groups in total. The van der Waals surface area contributed by atoms with Crippen LogP contribution in [0.15, 0.2) is 9.64 Å². The van der Waals surface area contributed by atoms with Crippen molar-refractivity contribution in [1.29, 1.82) is 0 Å². The Bertz CT molecular complexity index is 473. The second-order valence-corrected chi connectivity index (χ2v) is 6.83. The fourth-order valence-corrected chi connectivity index (χ4v) is 3.26. The zero-order valence-corrected chi connectivity index (χ0v) is 12.6. The molecular formula is C14H21N3O2S. The molecule has 2 aliphatic carbocycles. The minimum Gasteiger partial charge on any atom is -0.416 e. The lowest BCUT2D eigenvalue weighted by atomic mass is 9.86. The van der Waals surface area contributed by atoms with Gasteiger partial charge in [0.25, 0.3) is 5.22 Å². The van der Waals surface area contributed by atoms with Gasteiger partial charge in [0, 0.05) is 12.0 Å². The third-order valence-electron chi connectivity index (χ3n) is 4.13. The van der Waals surface area contributed by atoms with Crippen molar-refractivity contribution in [2.45, 2.75) is 62.6 Å². The monoisotopic (exact) mass is 295 g/mol. The maximum absolute atomic E-state index is 12.0. The minimum atomic E-state index is 0.0694. The van der Waals surface area contributed by atoms with Crippen LogP contribution in [0, 0.1) is 5.92 Å². The van der Waals surface area contributed by atoms with Crippen LogP contribution in [-0.2, 0) is 4.79 Å². The first-order chi connectivity index (χ1) is 9.72. The Balaban J connectivity index is 1.43. The number of carbonyl (C=O) groups excluding carboxylic acids is 1. The van der Waals surface area contributed by atoms with Crippen molar-refractivity contribution in [1.82, 2.24) is 15.5 Å². The van der Waals surface area contributed by atoms with Crippen molar-refractivity contribution >= 4 is 17.7 Å². The highest BCUT2D eigenvalue weighted by atomic mass is 32.2. The molecular weight excluding hydrogens is 274 g/mol. The van der Waals surface area contributed by atoms with E-state index in [0.717, 1.165) is 25.2 Å². The second-order valence-electron chi connectivity index (χ2n) is 5.90. The predicted molar refractivity (Wildman–Crippen MR) is 76.6 cm³/mol. The number of nitrogens with one attached hydrogen (secondary N) is 1. The smallest absolute Gasteiger partial charge is 0.277 e. The van der Waals surface area contributed by atoms with E-state index in [1.165, 1.54) is 31.0 Å². The van der Waals surface area contributed by atoms with Crippen molar-refractivity contribution in [3.05, 3.63) is 5.89 Å². The molecule has 0 aliphatic heterocycles. The fraction of sp³-hybridized carbons (Fsp3) is 0.786. The normalized spacial score (nSPS) is 26.4. The number of hydrogen-bond donors (Lipinski definition) is 1. The third-order valence-corrected chi connectivity index (χ3v) is 4.95. The van der Waals surface area contributed by atoms with Crippen LogP contribution in [-0.4, -0.2) is 27.9 Å². The minimum absolute atomic E-state index is 0.0694. The van der Waals surface area contributed by atoms with Gasteiger partial charge in [-0.25, -0.2) is 0 Å². The van der Waals surface area contributed by atoms with Gasteiger partial charge in [-0.05, 0) is 31.6 Å². The molecule has 0 radical (unpaired) electrons. The summed E-state index contributed by atoms with van der Waals surface area (Å²) in [5, 5.41) is 11.6. The zero-order valence-electron chi connectivity index (χ0n) is 11.8. The molecule has 2 fully saturated rings. The van der Waals surface area contributed by atoms with Crippen LogP contribution in [0.3, 0.4) is 0 Å². The van der Waals surface area contributed by atoms with Gasteiger partial charge in [-0.15, -0.1) is 10.2 Å². The van der Waals surface area contributed by atoms with E-state index in [1.807, 2.05) is 0 Å². The van der Waals surface area contributed by atoms with Gasteiger partial charge in [0.1, 0.15) is 0 Å². The van der Waals surface area contributed by atoms with Crippen LogP contribution in [0.4, 0.5) is 0 Å². The molecule has 2 atom stereocenters. The summed E-state index contributed by atoms with van der Waals surface area (Å²) >= 11 is 1.33. The van der Waals surface area contributed by atoms with E-state index in [1.54, 1.807) is 0 Å². The molecule has 1 heterocycles. The summed E-state index contributed by atoms with van der Waals surface area (Å²) in [6, 6.07) is 0.335. The number of thioether (sulfide) groups is 1. The van der Waals surface area contributed by atoms with E-state index in [0.29, 0.717) is 28.9 Å². The predicted octanol–water partition coefficient (Wildman–Crippen LogP) is 2.73. The van der Waals surface area contributed by atoms with Gasteiger partial charge >= 0.3 is 0 Å². The van der Waals surface area contributed by atoms with E-state index < -0.39 is 0 Å². The number of amides is 1. The highest BCUT2D eigenvalue weighted by Crippen LogP contribution is 2.39. The summed E-state index contributed by atoms with van der Waals surface area (Å²) in [5.74, 6) is 2.21. The number of nitrogens with zero attached hydrogens (tertiary/aromatic N) is 2. The first kappa shape index (κ1) is 13.9. The Hall–Kier alpha value is -1.04. The van der Waals surface area contributed by atoms with Gasteiger partial charge < -0.3 is 9.73 Å². The molecule has 0 unspecified atom stereocenters. The topological polar surface area (TPSA) is 68.0 Å². The number of rotatable bonds is 5. The summed E-state index contributed by atoms with van der Waals surface area (Å²) in [4.78, 5) is 12.0. The standard InChI is InChI=1S/C14H21N3O2S/c1-9-4-2-3-5-11(9)15-12(18)8-20-14-17-16-13(19-14)10-6-7-10/h9-11H,2-8H2,1H3,(H,15,18)/t9-,11+/m1/s1. The van der Waals surface area contributed by atoms with E-state index in [9.17, 15) is 4.79 Å². The van der Waals surface area contributed by atoms with Crippen molar-refractivity contribution in [3.63, 3.8) is 0 Å². The molecule has 1 aromatic heterocycles. The van der Waals surface area contributed by atoms with Crippen molar-refractivity contribution in [3.8, 4) is 0 Å². The van der Waals surface area contributed by atoms with Gasteiger partial charge in [-0.1, -0.05) is 31.5 Å². The van der Waals surface area contributed by atoms with Crippen LogP contribution < -0.4 is 5.32 Å². The molecule has 20 heavy (non-hydrogen) atoms. The summed E-state index contributed by atoms with van der Waals surface area (Å²) < 4.78 is 5.53. The van der Waals surface area contributed by atoms with Crippen LogP contribution in [0.1, 0.15) is 57.3 Å². The molecule has 6 heteroatoms. The Morgan fingerprint density at radius 3 is 2.85 bits per heavy atom. The molecule has 2 aliphatic rings. The van der Waals surface area contributed by atoms with E-state index >= 15 is 0 Å². The van der Waals surface area contributed by atoms with Crippen LogP contribution in [0.5, 0.6) is 0 Å². The number of hydrogen-bond acceptors (Lipinski definition) is 5. The number of carbonyl (C=O) groups is 1. The Labute approximate surface area is 123 Å². The quantitative estimate of drug-likeness (QED) is 0.846. The first-order valence-corrected chi connectivity index (χ1v) is 8.46. The molecule has 1 aromatic rings. The van der Waals surface area contributed by atoms with Gasteiger partial charge in [0.15, 0.2) is 0 Å². The second kappa shape index (κ2) is 6.16. The van der Waals surface area contributed by atoms with Gasteiger partial charge in [0.2, 0.25) is 11.8 Å². The van der Waals surface area contributed by atoms with Crippen molar-refractivity contribution in [2.24, 2.45) is 5.92 Å². The zero-order chi connectivity index (χ0) is 13.9. The van der Waals surface area contributed by atoms with Gasteiger partial charge in [0.05, 0.1) is 5.75 Å². The van der Waals surface area contributed by atoms with Crippen molar-refractivity contribution < 1.29 is 9.21 Å². The third kappa shape index (κ3) is 3.53. The maximum Gasteiger partial charge on any atom is 0.277 e. The molecule has 110 valence electrons. The average molecular weight is 295 g/mol. The van der Waals surface area contributed by atoms with Crippen molar-refractivity contribution in [2.75, 3.05) is 5.75 Å². The van der Waals surface area contributed by atoms with Crippen LogP contribution in [0.25, 0.3) is 0 Å². The summed E-state index contributed by atoms with van der Waals surface area (Å²) in [7, 11) is 0. The highest BCUT2D eigenvalue weighted by molar-refractivity contribution is 7.99. The number of aromatic nitrogens is 2. The lowest BCUT2D eigenvalue weighted by molar-refractivity contribution is -0.119. The fourth-order valence-electron chi connectivity index (χ4n) is 2.68. The van der Waals surface area contributed by atoms with Crippen LogP contribution >= 0.6 is 11.8 Å². The maximum atomic E-state index is 12.0. The van der Waals surface area contributed by atoms with Gasteiger partial charge in [-0.3, -0.25) is 4.79 Å². The molecule has 2 saturated carbocycles. The molecule has 0 aromatic carbocycles. The lowest BCUT2D eigenvalue weighted by Crippen LogP contribution is -2.41. The Morgan fingerprint density at radius 1 is 1.30 bits per heavy atom. The molecule has 0 saturated heterocycles.